The quantitative estimate of drug-likeness (QED) is 0.139. The Balaban J connectivity index is 1.96. The summed E-state index contributed by atoms with van der Waals surface area (Å²) in [6, 6.07) is 7.42. The fraction of sp³-hybridized carbons (Fsp3) is 0.759. The second-order valence-corrected chi connectivity index (χ2v) is 9.61. The van der Waals surface area contributed by atoms with Crippen LogP contribution in [-0.4, -0.2) is 19.2 Å². The number of carbonyl (C=O) groups excluding carboxylic acids is 1. The summed E-state index contributed by atoms with van der Waals surface area (Å²) >= 11 is 0. The summed E-state index contributed by atoms with van der Waals surface area (Å²) in [6.07, 6.45) is 20.8. The molecule has 0 heterocycles. The molecule has 0 aromatic heterocycles. The van der Waals surface area contributed by atoms with E-state index in [9.17, 15) is 4.79 Å². The van der Waals surface area contributed by atoms with Gasteiger partial charge in [-0.15, -0.1) is 0 Å². The first kappa shape index (κ1) is 28.5. The van der Waals surface area contributed by atoms with Crippen molar-refractivity contribution in [2.24, 2.45) is 5.92 Å². The highest BCUT2D eigenvalue weighted by Gasteiger charge is 2.13. The van der Waals surface area contributed by atoms with Crippen LogP contribution >= 0.6 is 0 Å². The van der Waals surface area contributed by atoms with E-state index in [1.165, 1.54) is 83.5 Å². The Hall–Kier alpha value is -1.51. The van der Waals surface area contributed by atoms with E-state index in [0.29, 0.717) is 24.5 Å². The highest BCUT2D eigenvalue weighted by Crippen LogP contribution is 2.20. The van der Waals surface area contributed by atoms with Gasteiger partial charge in [-0.05, 0) is 30.9 Å². The fourth-order valence-electron chi connectivity index (χ4n) is 3.93. The van der Waals surface area contributed by atoms with Crippen LogP contribution < -0.4 is 4.74 Å². The van der Waals surface area contributed by atoms with E-state index < -0.39 is 0 Å². The van der Waals surface area contributed by atoms with Gasteiger partial charge in [-0.2, -0.15) is 0 Å². The molecule has 1 rings (SSSR count). The number of ether oxygens (including phenoxy) is 2. The SMILES string of the molecule is CCCCOC(=O)c1ccccc1OCCCCCCCCCCCCCCCC(C)C. The fourth-order valence-corrected chi connectivity index (χ4v) is 3.93. The van der Waals surface area contributed by atoms with Gasteiger partial charge in [-0.3, -0.25) is 0 Å². The summed E-state index contributed by atoms with van der Waals surface area (Å²) in [6.45, 7) is 7.87. The van der Waals surface area contributed by atoms with Crippen LogP contribution in [0.4, 0.5) is 0 Å². The third-order valence-corrected chi connectivity index (χ3v) is 6.02. The Kier molecular flexibility index (Phi) is 17.9. The molecule has 0 atom stereocenters. The molecule has 0 saturated carbocycles. The Labute approximate surface area is 198 Å². The van der Waals surface area contributed by atoms with Crippen LogP contribution in [-0.2, 0) is 4.74 Å². The summed E-state index contributed by atoms with van der Waals surface area (Å²) in [5, 5.41) is 0. The van der Waals surface area contributed by atoms with Crippen LogP contribution in [0.2, 0.25) is 0 Å². The molecule has 184 valence electrons. The highest BCUT2D eigenvalue weighted by atomic mass is 16.5. The first-order chi connectivity index (χ1) is 15.6. The molecule has 0 fully saturated rings. The Bertz CT molecular complexity index is 567. The Morgan fingerprint density at radius 2 is 1.25 bits per heavy atom. The van der Waals surface area contributed by atoms with Crippen molar-refractivity contribution < 1.29 is 14.3 Å². The number of hydrogen-bond donors (Lipinski definition) is 0. The maximum Gasteiger partial charge on any atom is 0.341 e. The van der Waals surface area contributed by atoms with Gasteiger partial charge < -0.3 is 9.47 Å². The number of benzene rings is 1. The molecule has 0 aliphatic heterocycles. The van der Waals surface area contributed by atoms with E-state index >= 15 is 0 Å². The molecule has 3 heteroatoms. The van der Waals surface area contributed by atoms with E-state index in [1.54, 1.807) is 6.07 Å². The van der Waals surface area contributed by atoms with E-state index in [0.717, 1.165) is 25.2 Å². The monoisotopic (exact) mass is 446 g/mol. The third-order valence-electron chi connectivity index (χ3n) is 6.02. The zero-order valence-corrected chi connectivity index (χ0v) is 21.3. The summed E-state index contributed by atoms with van der Waals surface area (Å²) in [7, 11) is 0. The van der Waals surface area contributed by atoms with Crippen LogP contribution in [0.15, 0.2) is 24.3 Å². The highest BCUT2D eigenvalue weighted by molar-refractivity contribution is 5.92. The number of esters is 1. The molecule has 1 aromatic rings. The third kappa shape index (κ3) is 15.3. The van der Waals surface area contributed by atoms with Gasteiger partial charge in [0.15, 0.2) is 0 Å². The second-order valence-electron chi connectivity index (χ2n) is 9.61. The van der Waals surface area contributed by atoms with Crippen LogP contribution in [0.5, 0.6) is 5.75 Å². The Morgan fingerprint density at radius 1 is 0.719 bits per heavy atom. The molecule has 32 heavy (non-hydrogen) atoms. The molecule has 0 unspecified atom stereocenters. The summed E-state index contributed by atoms with van der Waals surface area (Å²) in [5.74, 6) is 1.24. The molecule has 0 radical (unpaired) electrons. The number of unbranched alkanes of at least 4 members (excludes halogenated alkanes) is 13. The van der Waals surface area contributed by atoms with Gasteiger partial charge in [0.1, 0.15) is 11.3 Å². The van der Waals surface area contributed by atoms with E-state index in [-0.39, 0.29) is 5.97 Å². The lowest BCUT2D eigenvalue weighted by Gasteiger charge is -2.11. The van der Waals surface area contributed by atoms with Crippen LogP contribution in [0.25, 0.3) is 0 Å². The van der Waals surface area contributed by atoms with Crippen molar-refractivity contribution in [2.75, 3.05) is 13.2 Å². The summed E-state index contributed by atoms with van der Waals surface area (Å²) in [5.41, 5.74) is 0.541. The smallest absolute Gasteiger partial charge is 0.341 e. The normalized spacial score (nSPS) is 11.1. The van der Waals surface area contributed by atoms with Crippen molar-refractivity contribution >= 4 is 5.97 Å². The van der Waals surface area contributed by atoms with Crippen molar-refractivity contribution in [1.29, 1.82) is 0 Å². The zero-order valence-electron chi connectivity index (χ0n) is 21.3. The van der Waals surface area contributed by atoms with Crippen molar-refractivity contribution in [3.8, 4) is 5.75 Å². The van der Waals surface area contributed by atoms with Crippen molar-refractivity contribution in [3.63, 3.8) is 0 Å². The van der Waals surface area contributed by atoms with Crippen LogP contribution in [0.1, 0.15) is 134 Å². The average Bonchev–Trinajstić information content (AvgIpc) is 2.79. The minimum atomic E-state index is -0.278. The summed E-state index contributed by atoms with van der Waals surface area (Å²) < 4.78 is 11.2. The van der Waals surface area contributed by atoms with Gasteiger partial charge in [0.05, 0.1) is 13.2 Å². The number of hydrogen-bond acceptors (Lipinski definition) is 3. The van der Waals surface area contributed by atoms with Gasteiger partial charge in [0, 0.05) is 0 Å². The summed E-state index contributed by atoms with van der Waals surface area (Å²) in [4.78, 5) is 12.2. The average molecular weight is 447 g/mol. The van der Waals surface area contributed by atoms with Crippen molar-refractivity contribution in [3.05, 3.63) is 29.8 Å². The van der Waals surface area contributed by atoms with Gasteiger partial charge in [-0.25, -0.2) is 4.79 Å². The lowest BCUT2D eigenvalue weighted by Crippen LogP contribution is -2.09. The standard InChI is InChI=1S/C29H50O3/c1-4-5-24-32-29(30)27-22-18-19-23-28(27)31-25-20-16-14-12-10-8-6-7-9-11-13-15-17-21-26(2)3/h18-19,22-23,26H,4-17,20-21,24-25H2,1-3H3. The minimum absolute atomic E-state index is 0.278. The molecule has 0 amide bonds. The predicted molar refractivity (Wildman–Crippen MR) is 137 cm³/mol. The van der Waals surface area contributed by atoms with Gasteiger partial charge in [-0.1, -0.05) is 123 Å². The topological polar surface area (TPSA) is 35.5 Å². The second kappa shape index (κ2) is 20.1. The lowest BCUT2D eigenvalue weighted by atomic mass is 10.0. The molecule has 3 nitrogen and oxygen atoms in total. The molecular formula is C29H50O3. The number of rotatable bonds is 21. The molecule has 0 bridgehead atoms. The van der Waals surface area contributed by atoms with Crippen molar-refractivity contribution in [1.82, 2.24) is 0 Å². The van der Waals surface area contributed by atoms with Gasteiger partial charge in [0.2, 0.25) is 0 Å². The van der Waals surface area contributed by atoms with E-state index in [1.807, 2.05) is 18.2 Å². The van der Waals surface area contributed by atoms with Crippen LogP contribution in [0, 0.1) is 5.92 Å². The first-order valence-corrected chi connectivity index (χ1v) is 13.5. The Morgan fingerprint density at radius 3 is 1.81 bits per heavy atom. The number of carbonyl (C=O) groups is 1. The molecule has 0 N–H and O–H groups in total. The van der Waals surface area contributed by atoms with Gasteiger partial charge >= 0.3 is 5.97 Å². The first-order valence-electron chi connectivity index (χ1n) is 13.5. The minimum Gasteiger partial charge on any atom is -0.493 e. The van der Waals surface area contributed by atoms with Gasteiger partial charge in [0.25, 0.3) is 0 Å². The molecule has 0 spiro atoms. The molecule has 1 aromatic carbocycles. The molecule has 0 saturated heterocycles. The molecule has 0 aliphatic carbocycles. The molecule has 0 aliphatic rings. The largest absolute Gasteiger partial charge is 0.493 e. The number of para-hydroxylation sites is 1. The maximum absolute atomic E-state index is 12.2. The lowest BCUT2D eigenvalue weighted by molar-refractivity contribution is 0.0495. The van der Waals surface area contributed by atoms with Crippen LogP contribution in [0.3, 0.4) is 0 Å². The van der Waals surface area contributed by atoms with Crippen molar-refractivity contribution in [2.45, 2.75) is 124 Å². The predicted octanol–water partition coefficient (Wildman–Crippen LogP) is 9.14. The molecular weight excluding hydrogens is 396 g/mol. The zero-order chi connectivity index (χ0) is 23.3. The van der Waals surface area contributed by atoms with E-state index in [4.69, 9.17) is 9.47 Å². The van der Waals surface area contributed by atoms with E-state index in [2.05, 4.69) is 20.8 Å². The maximum atomic E-state index is 12.2.